The summed E-state index contributed by atoms with van der Waals surface area (Å²) >= 11 is 6.05. The lowest BCUT2D eigenvalue weighted by Crippen LogP contribution is -2.55. The molecule has 2 fully saturated rings. The van der Waals surface area contributed by atoms with Gasteiger partial charge in [-0.25, -0.2) is 4.98 Å². The summed E-state index contributed by atoms with van der Waals surface area (Å²) in [7, 11) is 0. The molecule has 7 heteroatoms. The van der Waals surface area contributed by atoms with E-state index in [-0.39, 0.29) is 5.28 Å². The summed E-state index contributed by atoms with van der Waals surface area (Å²) in [4.78, 5) is 20.9. The number of rotatable bonds is 1. The number of hydrogen-bond donors (Lipinski definition) is 1. The number of H-pyrrole nitrogens is 1. The van der Waals surface area contributed by atoms with Gasteiger partial charge in [0.05, 0.1) is 6.33 Å². The first kappa shape index (κ1) is 12.3. The van der Waals surface area contributed by atoms with Crippen molar-refractivity contribution in [2.24, 2.45) is 0 Å². The van der Waals surface area contributed by atoms with Crippen LogP contribution in [0, 0.1) is 0 Å². The number of anilines is 1. The van der Waals surface area contributed by atoms with Gasteiger partial charge in [0, 0.05) is 25.2 Å². The minimum Gasteiger partial charge on any atom is -0.349 e. The Labute approximate surface area is 122 Å². The number of nitrogens with zero attached hydrogens (tertiary/aromatic N) is 5. The van der Waals surface area contributed by atoms with Crippen molar-refractivity contribution in [2.45, 2.75) is 31.8 Å². The van der Waals surface area contributed by atoms with Gasteiger partial charge in [-0.1, -0.05) is 0 Å². The summed E-state index contributed by atoms with van der Waals surface area (Å²) in [5.41, 5.74) is 1.52. The van der Waals surface area contributed by atoms with Crippen molar-refractivity contribution in [1.82, 2.24) is 24.8 Å². The van der Waals surface area contributed by atoms with Crippen LogP contribution in [0.25, 0.3) is 11.2 Å². The molecule has 0 radical (unpaired) electrons. The third-order valence-electron chi connectivity index (χ3n) is 4.45. The second-order valence-corrected chi connectivity index (χ2v) is 6.05. The molecular formula is C13H17ClN6. The van der Waals surface area contributed by atoms with E-state index in [1.807, 2.05) is 0 Å². The molecule has 0 amide bonds. The zero-order valence-electron chi connectivity index (χ0n) is 11.4. The molecule has 4 rings (SSSR count). The van der Waals surface area contributed by atoms with Crippen LogP contribution < -0.4 is 4.90 Å². The highest BCUT2D eigenvalue weighted by Gasteiger charge is 2.35. The Morgan fingerprint density at radius 3 is 3.15 bits per heavy atom. The zero-order valence-corrected chi connectivity index (χ0v) is 12.1. The van der Waals surface area contributed by atoms with Crippen molar-refractivity contribution >= 4 is 28.6 Å². The highest BCUT2D eigenvalue weighted by atomic mass is 35.5. The third-order valence-corrected chi connectivity index (χ3v) is 4.62. The van der Waals surface area contributed by atoms with Gasteiger partial charge >= 0.3 is 0 Å². The SMILES string of the molecule is CC1CN2CCCC2CN1c1nc(Cl)nc2nc[nH]c12. The van der Waals surface area contributed by atoms with E-state index >= 15 is 0 Å². The smallest absolute Gasteiger partial charge is 0.226 e. The molecule has 4 heterocycles. The van der Waals surface area contributed by atoms with Crippen molar-refractivity contribution < 1.29 is 0 Å². The van der Waals surface area contributed by atoms with E-state index in [0.717, 1.165) is 24.4 Å². The van der Waals surface area contributed by atoms with Crippen molar-refractivity contribution in [3.8, 4) is 0 Å². The fourth-order valence-electron chi connectivity index (χ4n) is 3.48. The lowest BCUT2D eigenvalue weighted by molar-refractivity contribution is 0.202. The Hall–Kier alpha value is -1.40. The van der Waals surface area contributed by atoms with Crippen LogP contribution in [0.15, 0.2) is 6.33 Å². The van der Waals surface area contributed by atoms with Gasteiger partial charge in [0.1, 0.15) is 5.52 Å². The number of aromatic nitrogens is 4. The van der Waals surface area contributed by atoms with Crippen LogP contribution in [-0.2, 0) is 0 Å². The molecule has 2 aliphatic heterocycles. The zero-order chi connectivity index (χ0) is 13.7. The molecule has 0 aliphatic carbocycles. The molecule has 20 heavy (non-hydrogen) atoms. The Bertz CT molecular complexity index is 641. The third kappa shape index (κ3) is 1.86. The van der Waals surface area contributed by atoms with Crippen LogP contribution in [0.5, 0.6) is 0 Å². The standard InChI is InChI=1S/C13H17ClN6/c1-8-5-19-4-2-3-9(19)6-20(8)12-10-11(16-7-15-10)17-13(14)18-12/h7-9H,2-6H2,1H3,(H,15,16,17,18). The van der Waals surface area contributed by atoms with Crippen molar-refractivity contribution in [3.05, 3.63) is 11.6 Å². The fourth-order valence-corrected chi connectivity index (χ4v) is 3.64. The van der Waals surface area contributed by atoms with E-state index in [1.54, 1.807) is 6.33 Å². The topological polar surface area (TPSA) is 60.9 Å². The second kappa shape index (κ2) is 4.56. The summed E-state index contributed by atoms with van der Waals surface area (Å²) < 4.78 is 0. The summed E-state index contributed by atoms with van der Waals surface area (Å²) in [5, 5.41) is 0.264. The van der Waals surface area contributed by atoms with E-state index in [0.29, 0.717) is 17.7 Å². The number of aromatic amines is 1. The van der Waals surface area contributed by atoms with Crippen molar-refractivity contribution in [3.63, 3.8) is 0 Å². The van der Waals surface area contributed by atoms with Gasteiger partial charge < -0.3 is 9.88 Å². The Morgan fingerprint density at radius 2 is 2.25 bits per heavy atom. The van der Waals surface area contributed by atoms with Crippen molar-refractivity contribution in [1.29, 1.82) is 0 Å². The highest BCUT2D eigenvalue weighted by molar-refractivity contribution is 6.28. The molecule has 0 bridgehead atoms. The number of piperazine rings is 1. The lowest BCUT2D eigenvalue weighted by atomic mass is 10.1. The number of fused-ring (bicyclic) bond motifs is 2. The quantitative estimate of drug-likeness (QED) is 0.810. The average molecular weight is 293 g/mol. The van der Waals surface area contributed by atoms with E-state index in [2.05, 4.69) is 36.7 Å². The van der Waals surface area contributed by atoms with Crippen LogP contribution >= 0.6 is 11.6 Å². The minimum atomic E-state index is 0.264. The molecular weight excluding hydrogens is 276 g/mol. The number of hydrogen-bond acceptors (Lipinski definition) is 5. The molecule has 2 saturated heterocycles. The largest absolute Gasteiger partial charge is 0.349 e. The maximum atomic E-state index is 6.05. The van der Waals surface area contributed by atoms with Gasteiger partial charge in [-0.2, -0.15) is 9.97 Å². The van der Waals surface area contributed by atoms with Gasteiger partial charge in [-0.15, -0.1) is 0 Å². The van der Waals surface area contributed by atoms with E-state index in [9.17, 15) is 0 Å². The van der Waals surface area contributed by atoms with E-state index < -0.39 is 0 Å². The number of imidazole rings is 1. The number of halogens is 1. The first-order chi connectivity index (χ1) is 9.72. The normalized spacial score (nSPS) is 27.2. The molecule has 2 unspecified atom stereocenters. The van der Waals surface area contributed by atoms with Gasteiger partial charge in [-0.05, 0) is 37.9 Å². The maximum absolute atomic E-state index is 6.05. The van der Waals surface area contributed by atoms with Crippen LogP contribution in [0.1, 0.15) is 19.8 Å². The molecule has 2 aromatic heterocycles. The molecule has 1 N–H and O–H groups in total. The minimum absolute atomic E-state index is 0.264. The molecule has 2 aliphatic rings. The van der Waals surface area contributed by atoms with Gasteiger partial charge in [0.15, 0.2) is 11.5 Å². The molecule has 106 valence electrons. The average Bonchev–Trinajstić information content (AvgIpc) is 3.04. The molecule has 0 spiro atoms. The van der Waals surface area contributed by atoms with Gasteiger partial charge in [0.2, 0.25) is 5.28 Å². The molecule has 2 atom stereocenters. The van der Waals surface area contributed by atoms with Crippen molar-refractivity contribution in [2.75, 3.05) is 24.5 Å². The van der Waals surface area contributed by atoms with Crippen LogP contribution in [0.3, 0.4) is 0 Å². The van der Waals surface area contributed by atoms with Crippen LogP contribution in [0.4, 0.5) is 5.82 Å². The fraction of sp³-hybridized carbons (Fsp3) is 0.615. The Morgan fingerprint density at radius 1 is 1.35 bits per heavy atom. The van der Waals surface area contributed by atoms with Crippen LogP contribution in [-0.4, -0.2) is 56.6 Å². The van der Waals surface area contributed by atoms with Gasteiger partial charge in [-0.3, -0.25) is 4.90 Å². The summed E-state index contributed by atoms with van der Waals surface area (Å²) in [6.07, 6.45) is 4.22. The predicted octanol–water partition coefficient (Wildman–Crippen LogP) is 1.68. The highest BCUT2D eigenvalue weighted by Crippen LogP contribution is 2.31. The Balaban J connectivity index is 1.76. The number of nitrogens with one attached hydrogen (secondary N) is 1. The second-order valence-electron chi connectivity index (χ2n) is 5.71. The molecule has 2 aromatic rings. The monoisotopic (exact) mass is 292 g/mol. The summed E-state index contributed by atoms with van der Waals surface area (Å²) in [5.74, 6) is 0.886. The van der Waals surface area contributed by atoms with Gasteiger partial charge in [0.25, 0.3) is 0 Å². The molecule has 6 nitrogen and oxygen atoms in total. The first-order valence-corrected chi connectivity index (χ1v) is 7.47. The lowest BCUT2D eigenvalue weighted by Gasteiger charge is -2.43. The molecule has 0 aromatic carbocycles. The predicted molar refractivity (Wildman–Crippen MR) is 78.1 cm³/mol. The van der Waals surface area contributed by atoms with E-state index in [1.165, 1.54) is 19.4 Å². The Kier molecular flexibility index (Phi) is 2.82. The first-order valence-electron chi connectivity index (χ1n) is 7.09. The van der Waals surface area contributed by atoms with E-state index in [4.69, 9.17) is 11.6 Å². The maximum Gasteiger partial charge on any atom is 0.226 e. The summed E-state index contributed by atoms with van der Waals surface area (Å²) in [6, 6.07) is 1.06. The molecule has 0 saturated carbocycles. The van der Waals surface area contributed by atoms with Crippen LogP contribution in [0.2, 0.25) is 5.28 Å². The summed E-state index contributed by atoms with van der Waals surface area (Å²) in [6.45, 7) is 5.56.